The summed E-state index contributed by atoms with van der Waals surface area (Å²) >= 11 is 0. The molecule has 2 N–H and O–H groups in total. The van der Waals surface area contributed by atoms with Gasteiger partial charge in [-0.1, -0.05) is 19.9 Å². The third kappa shape index (κ3) is 3.32. The van der Waals surface area contributed by atoms with Crippen LogP contribution in [-0.2, 0) is 4.79 Å². The second kappa shape index (κ2) is 6.15. The summed E-state index contributed by atoms with van der Waals surface area (Å²) in [6.07, 6.45) is 4.12. The van der Waals surface area contributed by atoms with E-state index in [4.69, 9.17) is 5.73 Å². The van der Waals surface area contributed by atoms with Gasteiger partial charge in [0.2, 0.25) is 5.91 Å². The average Bonchev–Trinajstić information content (AvgIpc) is 2.50. The maximum atomic E-state index is 12.3. The molecule has 19 heavy (non-hydrogen) atoms. The van der Waals surface area contributed by atoms with Crippen LogP contribution in [0, 0.1) is 5.92 Å². The lowest BCUT2D eigenvalue weighted by atomic mass is 9.99. The SMILES string of the molecule is CC(C)CN1C(=O)CCCC(N)C1c1ccccn1. The van der Waals surface area contributed by atoms with Crippen LogP contribution >= 0.6 is 0 Å². The number of likely N-dealkylation sites (tertiary alicyclic amines) is 1. The Hall–Kier alpha value is -1.42. The molecule has 0 aromatic carbocycles. The van der Waals surface area contributed by atoms with Crippen LogP contribution in [0.5, 0.6) is 0 Å². The van der Waals surface area contributed by atoms with E-state index in [0.717, 1.165) is 25.1 Å². The van der Waals surface area contributed by atoms with Crippen molar-refractivity contribution in [3.05, 3.63) is 30.1 Å². The van der Waals surface area contributed by atoms with E-state index in [1.165, 1.54) is 0 Å². The molecule has 2 rings (SSSR count). The number of hydrogen-bond acceptors (Lipinski definition) is 3. The van der Waals surface area contributed by atoms with Gasteiger partial charge in [-0.3, -0.25) is 9.78 Å². The van der Waals surface area contributed by atoms with Gasteiger partial charge < -0.3 is 10.6 Å². The molecule has 4 heteroatoms. The molecule has 4 nitrogen and oxygen atoms in total. The largest absolute Gasteiger partial charge is 0.332 e. The van der Waals surface area contributed by atoms with Gasteiger partial charge in [-0.05, 0) is 30.9 Å². The number of carbonyl (C=O) groups excluding carboxylic acids is 1. The van der Waals surface area contributed by atoms with Crippen molar-refractivity contribution in [3.63, 3.8) is 0 Å². The second-order valence-electron chi connectivity index (χ2n) is 5.70. The van der Waals surface area contributed by atoms with Gasteiger partial charge in [-0.25, -0.2) is 0 Å². The lowest BCUT2D eigenvalue weighted by molar-refractivity contribution is -0.134. The van der Waals surface area contributed by atoms with E-state index >= 15 is 0 Å². The quantitative estimate of drug-likeness (QED) is 0.906. The van der Waals surface area contributed by atoms with E-state index in [0.29, 0.717) is 12.3 Å². The van der Waals surface area contributed by atoms with Crippen molar-refractivity contribution >= 4 is 5.91 Å². The minimum atomic E-state index is -0.0846. The Morgan fingerprint density at radius 2 is 2.26 bits per heavy atom. The first-order valence-electron chi connectivity index (χ1n) is 7.05. The van der Waals surface area contributed by atoms with Crippen LogP contribution in [-0.4, -0.2) is 28.4 Å². The summed E-state index contributed by atoms with van der Waals surface area (Å²) in [6, 6.07) is 5.70. The van der Waals surface area contributed by atoms with Crippen molar-refractivity contribution < 1.29 is 4.79 Å². The molecule has 1 aliphatic heterocycles. The van der Waals surface area contributed by atoms with Crippen LogP contribution in [0.15, 0.2) is 24.4 Å². The minimum Gasteiger partial charge on any atom is -0.332 e. The van der Waals surface area contributed by atoms with Crippen molar-refractivity contribution in [1.82, 2.24) is 9.88 Å². The van der Waals surface area contributed by atoms with Crippen LogP contribution in [0.1, 0.15) is 44.8 Å². The average molecular weight is 261 g/mol. The van der Waals surface area contributed by atoms with Gasteiger partial charge in [0.1, 0.15) is 0 Å². The smallest absolute Gasteiger partial charge is 0.223 e. The molecule has 1 aromatic rings. The third-order valence-corrected chi connectivity index (χ3v) is 3.54. The fourth-order valence-electron chi connectivity index (χ4n) is 2.72. The number of hydrogen-bond donors (Lipinski definition) is 1. The number of amides is 1. The first kappa shape index (κ1) is 14.0. The molecule has 0 aliphatic carbocycles. The third-order valence-electron chi connectivity index (χ3n) is 3.54. The number of nitrogens with two attached hydrogens (primary N) is 1. The number of pyridine rings is 1. The van der Waals surface area contributed by atoms with Crippen molar-refractivity contribution in [1.29, 1.82) is 0 Å². The summed E-state index contributed by atoms with van der Waals surface area (Å²) in [5.41, 5.74) is 7.21. The molecule has 2 atom stereocenters. The Balaban J connectivity index is 2.33. The molecular formula is C15H23N3O. The zero-order valence-electron chi connectivity index (χ0n) is 11.7. The Morgan fingerprint density at radius 1 is 1.47 bits per heavy atom. The molecule has 1 fully saturated rings. The normalized spacial score (nSPS) is 24.6. The number of carbonyl (C=O) groups is 1. The predicted molar refractivity (Wildman–Crippen MR) is 75.4 cm³/mol. The molecular weight excluding hydrogens is 238 g/mol. The molecule has 1 aliphatic rings. The molecule has 0 saturated carbocycles. The van der Waals surface area contributed by atoms with Gasteiger partial charge in [-0.2, -0.15) is 0 Å². The summed E-state index contributed by atoms with van der Waals surface area (Å²) in [4.78, 5) is 18.7. The summed E-state index contributed by atoms with van der Waals surface area (Å²) in [5.74, 6) is 0.637. The maximum Gasteiger partial charge on any atom is 0.223 e. The molecule has 104 valence electrons. The molecule has 0 spiro atoms. The molecule has 1 saturated heterocycles. The minimum absolute atomic E-state index is 0.0277. The molecule has 2 unspecified atom stereocenters. The van der Waals surface area contributed by atoms with E-state index < -0.39 is 0 Å². The molecule has 0 bridgehead atoms. The van der Waals surface area contributed by atoms with Crippen LogP contribution in [0.4, 0.5) is 0 Å². The molecule has 0 radical (unpaired) electrons. The fourth-order valence-corrected chi connectivity index (χ4v) is 2.72. The maximum absolute atomic E-state index is 12.3. The first-order chi connectivity index (χ1) is 9.09. The fraction of sp³-hybridized carbons (Fsp3) is 0.600. The molecule has 1 amide bonds. The van der Waals surface area contributed by atoms with E-state index in [2.05, 4.69) is 18.8 Å². The van der Waals surface area contributed by atoms with Gasteiger partial charge >= 0.3 is 0 Å². The summed E-state index contributed by atoms with van der Waals surface area (Å²) in [6.45, 7) is 4.99. The van der Waals surface area contributed by atoms with E-state index in [-0.39, 0.29) is 18.0 Å². The number of nitrogens with zero attached hydrogens (tertiary/aromatic N) is 2. The van der Waals surface area contributed by atoms with E-state index in [1.807, 2.05) is 23.1 Å². The van der Waals surface area contributed by atoms with E-state index in [9.17, 15) is 4.79 Å². The zero-order valence-corrected chi connectivity index (χ0v) is 11.7. The summed E-state index contributed by atoms with van der Waals surface area (Å²) < 4.78 is 0. The van der Waals surface area contributed by atoms with Crippen LogP contribution in [0.25, 0.3) is 0 Å². The zero-order chi connectivity index (χ0) is 13.8. The van der Waals surface area contributed by atoms with Crippen molar-refractivity contribution in [3.8, 4) is 0 Å². The van der Waals surface area contributed by atoms with Crippen molar-refractivity contribution in [2.75, 3.05) is 6.54 Å². The second-order valence-corrected chi connectivity index (χ2v) is 5.70. The van der Waals surface area contributed by atoms with Crippen LogP contribution in [0.3, 0.4) is 0 Å². The standard InChI is InChI=1S/C15H23N3O/c1-11(2)10-18-14(19)8-5-6-12(16)15(18)13-7-3-4-9-17-13/h3-4,7,9,11-12,15H,5-6,8,10,16H2,1-2H3. The first-order valence-corrected chi connectivity index (χ1v) is 7.05. The number of aromatic nitrogens is 1. The number of rotatable bonds is 3. The van der Waals surface area contributed by atoms with Gasteiger partial charge in [0, 0.05) is 25.2 Å². The van der Waals surface area contributed by atoms with Gasteiger partial charge in [0.05, 0.1) is 11.7 Å². The van der Waals surface area contributed by atoms with E-state index in [1.54, 1.807) is 6.20 Å². The Kier molecular flexibility index (Phi) is 4.53. The lowest BCUT2D eigenvalue weighted by Crippen LogP contribution is -2.44. The summed E-state index contributed by atoms with van der Waals surface area (Å²) in [7, 11) is 0. The van der Waals surface area contributed by atoms with Crippen molar-refractivity contribution in [2.24, 2.45) is 11.7 Å². The lowest BCUT2D eigenvalue weighted by Gasteiger charge is -2.34. The van der Waals surface area contributed by atoms with Crippen LogP contribution < -0.4 is 5.73 Å². The highest BCUT2D eigenvalue weighted by molar-refractivity contribution is 5.77. The molecule has 1 aromatic heterocycles. The topological polar surface area (TPSA) is 59.2 Å². The highest BCUT2D eigenvalue weighted by atomic mass is 16.2. The molecule has 2 heterocycles. The summed E-state index contributed by atoms with van der Waals surface area (Å²) in [5, 5.41) is 0. The Labute approximate surface area is 115 Å². The van der Waals surface area contributed by atoms with Gasteiger partial charge in [-0.15, -0.1) is 0 Å². The highest BCUT2D eigenvalue weighted by Crippen LogP contribution is 2.29. The van der Waals surface area contributed by atoms with Gasteiger partial charge in [0.25, 0.3) is 0 Å². The Morgan fingerprint density at radius 3 is 2.89 bits per heavy atom. The highest BCUT2D eigenvalue weighted by Gasteiger charge is 2.33. The van der Waals surface area contributed by atoms with Gasteiger partial charge in [0.15, 0.2) is 0 Å². The predicted octanol–water partition coefficient (Wildman–Crippen LogP) is 2.12. The van der Waals surface area contributed by atoms with Crippen LogP contribution in [0.2, 0.25) is 0 Å². The Bertz CT molecular complexity index is 419. The van der Waals surface area contributed by atoms with Crippen molar-refractivity contribution in [2.45, 2.75) is 45.2 Å². The monoisotopic (exact) mass is 261 g/mol.